The first kappa shape index (κ1) is 10.5. The second-order valence-corrected chi connectivity index (χ2v) is 4.61. The zero-order valence-electron chi connectivity index (χ0n) is 9.45. The van der Waals surface area contributed by atoms with E-state index in [0.717, 1.165) is 25.9 Å². The summed E-state index contributed by atoms with van der Waals surface area (Å²) in [5.41, 5.74) is 2.36. The predicted molar refractivity (Wildman–Crippen MR) is 64.2 cm³/mol. The Morgan fingerprint density at radius 2 is 1.88 bits per heavy atom. The van der Waals surface area contributed by atoms with Crippen molar-refractivity contribution in [3.05, 3.63) is 29.3 Å². The van der Waals surface area contributed by atoms with E-state index in [4.69, 9.17) is 0 Å². The van der Waals surface area contributed by atoms with Crippen LogP contribution in [0.25, 0.3) is 0 Å². The molecule has 0 aromatic heterocycles. The normalized spacial score (nSPS) is 20.2. The molecule has 3 rings (SSSR count). The van der Waals surface area contributed by atoms with Gasteiger partial charge in [0.25, 0.3) is 11.7 Å². The number of anilines is 1. The molecule has 1 aromatic carbocycles. The number of carbonyl (C=O) groups excluding carboxylic acids is 2. The van der Waals surface area contributed by atoms with Crippen molar-refractivity contribution in [2.75, 3.05) is 18.4 Å². The van der Waals surface area contributed by atoms with Crippen LogP contribution in [0.1, 0.15) is 34.7 Å². The summed E-state index contributed by atoms with van der Waals surface area (Å²) < 4.78 is 0. The molecular weight excluding hydrogens is 216 g/mol. The molecule has 4 nitrogen and oxygen atoms in total. The predicted octanol–water partition coefficient (Wildman–Crippen LogP) is 1.29. The van der Waals surface area contributed by atoms with Gasteiger partial charge in [0.1, 0.15) is 0 Å². The van der Waals surface area contributed by atoms with Gasteiger partial charge in [-0.15, -0.1) is 0 Å². The van der Waals surface area contributed by atoms with Crippen LogP contribution in [0.4, 0.5) is 5.69 Å². The highest BCUT2D eigenvalue weighted by Gasteiger charge is 2.28. The largest absolute Gasteiger partial charge is 0.318 e. The Bertz CT molecular complexity index is 490. The Labute approximate surface area is 99.4 Å². The number of ketones is 1. The fourth-order valence-electron chi connectivity index (χ4n) is 2.57. The van der Waals surface area contributed by atoms with Crippen LogP contribution < -0.4 is 10.6 Å². The molecule has 1 fully saturated rings. The summed E-state index contributed by atoms with van der Waals surface area (Å²) >= 11 is 0. The van der Waals surface area contributed by atoms with Gasteiger partial charge in [-0.05, 0) is 49.5 Å². The van der Waals surface area contributed by atoms with Crippen LogP contribution in [-0.2, 0) is 4.79 Å². The fourth-order valence-corrected chi connectivity index (χ4v) is 2.57. The first-order chi connectivity index (χ1) is 8.25. The Balaban J connectivity index is 1.93. The van der Waals surface area contributed by atoms with Gasteiger partial charge in [0, 0.05) is 0 Å². The standard InChI is InChI=1S/C13H14N2O2/c16-12-10-7-9(8-3-5-14-6-4-8)1-2-11(10)15-13(12)17/h1-2,7-8,14H,3-6H2,(H,15,16,17). The zero-order valence-corrected chi connectivity index (χ0v) is 9.45. The maximum Gasteiger partial charge on any atom is 0.296 e. The molecule has 0 bridgehead atoms. The molecule has 0 atom stereocenters. The number of amides is 1. The Kier molecular flexibility index (Phi) is 2.44. The number of fused-ring (bicyclic) bond motifs is 1. The third kappa shape index (κ3) is 1.74. The third-order valence-electron chi connectivity index (χ3n) is 3.55. The van der Waals surface area contributed by atoms with Crippen LogP contribution in [0.3, 0.4) is 0 Å². The maximum absolute atomic E-state index is 11.6. The molecule has 0 unspecified atom stereocenters. The van der Waals surface area contributed by atoms with E-state index < -0.39 is 11.7 Å². The van der Waals surface area contributed by atoms with Gasteiger partial charge in [-0.1, -0.05) is 6.07 Å². The topological polar surface area (TPSA) is 58.2 Å². The van der Waals surface area contributed by atoms with Gasteiger partial charge >= 0.3 is 0 Å². The van der Waals surface area contributed by atoms with Gasteiger partial charge in [0.2, 0.25) is 0 Å². The molecule has 17 heavy (non-hydrogen) atoms. The number of hydrogen-bond donors (Lipinski definition) is 2. The molecule has 2 N–H and O–H groups in total. The van der Waals surface area contributed by atoms with E-state index in [1.165, 1.54) is 5.56 Å². The lowest BCUT2D eigenvalue weighted by molar-refractivity contribution is -0.112. The summed E-state index contributed by atoms with van der Waals surface area (Å²) in [6, 6.07) is 5.74. The summed E-state index contributed by atoms with van der Waals surface area (Å²) in [5, 5.41) is 5.90. The van der Waals surface area contributed by atoms with Crippen molar-refractivity contribution in [1.29, 1.82) is 0 Å². The lowest BCUT2D eigenvalue weighted by atomic mass is 9.89. The summed E-state index contributed by atoms with van der Waals surface area (Å²) in [5.74, 6) is -0.414. The molecule has 2 aliphatic rings. The number of benzene rings is 1. The van der Waals surface area contributed by atoms with Crippen LogP contribution >= 0.6 is 0 Å². The molecule has 88 valence electrons. The van der Waals surface area contributed by atoms with E-state index in [1.807, 2.05) is 18.2 Å². The Morgan fingerprint density at radius 1 is 1.12 bits per heavy atom. The highest BCUT2D eigenvalue weighted by Crippen LogP contribution is 2.30. The number of rotatable bonds is 1. The SMILES string of the molecule is O=C1Nc2ccc(C3CCNCC3)cc2C1=O. The average molecular weight is 230 g/mol. The quantitative estimate of drug-likeness (QED) is 0.715. The van der Waals surface area contributed by atoms with Gasteiger partial charge in [0.15, 0.2) is 0 Å². The summed E-state index contributed by atoms with van der Waals surface area (Å²) in [6.07, 6.45) is 2.18. The minimum absolute atomic E-state index is 0.407. The summed E-state index contributed by atoms with van der Waals surface area (Å²) in [4.78, 5) is 22.9. The average Bonchev–Trinajstić information content (AvgIpc) is 2.66. The van der Waals surface area contributed by atoms with Gasteiger partial charge in [0.05, 0.1) is 11.3 Å². The second kappa shape index (κ2) is 3.96. The van der Waals surface area contributed by atoms with Gasteiger partial charge < -0.3 is 10.6 Å². The number of Topliss-reactive ketones (excluding diaryl/α,β-unsaturated/α-hetero) is 1. The van der Waals surface area contributed by atoms with Crippen LogP contribution in [0.2, 0.25) is 0 Å². The van der Waals surface area contributed by atoms with Gasteiger partial charge in [-0.3, -0.25) is 9.59 Å². The molecule has 0 radical (unpaired) electrons. The van der Waals surface area contributed by atoms with Crippen molar-refractivity contribution in [3.63, 3.8) is 0 Å². The van der Waals surface area contributed by atoms with E-state index in [9.17, 15) is 9.59 Å². The minimum atomic E-state index is -0.512. The lowest BCUT2D eigenvalue weighted by Crippen LogP contribution is -2.26. The van der Waals surface area contributed by atoms with Crippen molar-refractivity contribution in [2.45, 2.75) is 18.8 Å². The first-order valence-electron chi connectivity index (χ1n) is 5.96. The second-order valence-electron chi connectivity index (χ2n) is 4.61. The maximum atomic E-state index is 11.6. The molecule has 1 saturated heterocycles. The van der Waals surface area contributed by atoms with Gasteiger partial charge in [-0.2, -0.15) is 0 Å². The van der Waals surface area contributed by atoms with Crippen LogP contribution in [0.5, 0.6) is 0 Å². The van der Waals surface area contributed by atoms with E-state index in [-0.39, 0.29) is 0 Å². The fraction of sp³-hybridized carbons (Fsp3) is 0.385. The number of hydrogen-bond acceptors (Lipinski definition) is 3. The highest BCUT2D eigenvalue weighted by molar-refractivity contribution is 6.51. The molecule has 1 amide bonds. The van der Waals surface area contributed by atoms with Crippen molar-refractivity contribution in [1.82, 2.24) is 5.32 Å². The molecule has 2 heterocycles. The molecule has 0 spiro atoms. The third-order valence-corrected chi connectivity index (χ3v) is 3.55. The molecule has 2 aliphatic heterocycles. The van der Waals surface area contributed by atoms with Crippen molar-refractivity contribution in [2.24, 2.45) is 0 Å². The number of carbonyl (C=O) groups is 2. The molecule has 0 saturated carbocycles. The molecule has 1 aromatic rings. The van der Waals surface area contributed by atoms with Crippen LogP contribution in [0.15, 0.2) is 18.2 Å². The van der Waals surface area contributed by atoms with Crippen molar-refractivity contribution >= 4 is 17.4 Å². The zero-order chi connectivity index (χ0) is 11.8. The first-order valence-corrected chi connectivity index (χ1v) is 5.96. The van der Waals surface area contributed by atoms with Crippen LogP contribution in [0, 0.1) is 0 Å². The van der Waals surface area contributed by atoms with Crippen molar-refractivity contribution in [3.8, 4) is 0 Å². The summed E-state index contributed by atoms with van der Waals surface area (Å²) in [6.45, 7) is 2.04. The van der Waals surface area contributed by atoms with Gasteiger partial charge in [-0.25, -0.2) is 0 Å². The lowest BCUT2D eigenvalue weighted by Gasteiger charge is -2.23. The molecule has 0 aliphatic carbocycles. The van der Waals surface area contributed by atoms with Crippen molar-refractivity contribution < 1.29 is 9.59 Å². The minimum Gasteiger partial charge on any atom is -0.318 e. The Hall–Kier alpha value is -1.68. The molecular formula is C13H14N2O2. The van der Waals surface area contributed by atoms with Crippen LogP contribution in [-0.4, -0.2) is 24.8 Å². The smallest absolute Gasteiger partial charge is 0.296 e. The number of nitrogens with one attached hydrogen (secondary N) is 2. The highest BCUT2D eigenvalue weighted by atomic mass is 16.2. The van der Waals surface area contributed by atoms with E-state index in [1.54, 1.807) is 0 Å². The van der Waals surface area contributed by atoms with E-state index >= 15 is 0 Å². The monoisotopic (exact) mass is 230 g/mol. The summed E-state index contributed by atoms with van der Waals surface area (Å²) in [7, 11) is 0. The van der Waals surface area contributed by atoms with E-state index in [0.29, 0.717) is 17.2 Å². The number of piperidine rings is 1. The molecule has 4 heteroatoms. The van der Waals surface area contributed by atoms with E-state index in [2.05, 4.69) is 10.6 Å². The Morgan fingerprint density at radius 3 is 2.65 bits per heavy atom.